The van der Waals surface area contributed by atoms with Gasteiger partial charge in [0, 0.05) is 37.0 Å². The Morgan fingerprint density at radius 3 is 2.33 bits per heavy atom. The minimum absolute atomic E-state index is 0.575. The molecular weight excluding hydrogens is 306 g/mol. The Morgan fingerprint density at radius 1 is 1.04 bits per heavy atom. The minimum atomic E-state index is 0.575. The van der Waals surface area contributed by atoms with Crippen LogP contribution < -0.4 is 4.74 Å². The van der Waals surface area contributed by atoms with Crippen LogP contribution in [-0.4, -0.2) is 39.2 Å². The zero-order chi connectivity index (χ0) is 16.9. The molecule has 7 nitrogen and oxygen atoms in total. The molecule has 0 aliphatic rings. The third kappa shape index (κ3) is 3.94. The van der Waals surface area contributed by atoms with Crippen LogP contribution in [0.5, 0.6) is 5.75 Å². The molecule has 0 atom stereocenters. The smallest absolute Gasteiger partial charge is 0.230 e. The third-order valence-electron chi connectivity index (χ3n) is 3.48. The summed E-state index contributed by atoms with van der Waals surface area (Å²) in [6.45, 7) is 3.06. The normalized spacial score (nSPS) is 11.0. The van der Waals surface area contributed by atoms with Crippen molar-refractivity contribution in [3.8, 4) is 17.1 Å². The van der Waals surface area contributed by atoms with Gasteiger partial charge in [-0.15, -0.1) is 10.2 Å². The standard InChI is InChI=1S/C17H19N5O2/c1-12-20-21-16(24-12)11-22(2)10-13-8-18-17(19-9-13)14-4-6-15(23-3)7-5-14/h4-9H,10-11H2,1-3H3. The van der Waals surface area contributed by atoms with E-state index in [4.69, 9.17) is 9.15 Å². The third-order valence-corrected chi connectivity index (χ3v) is 3.48. The molecule has 7 heteroatoms. The maximum Gasteiger partial charge on any atom is 0.230 e. The first kappa shape index (κ1) is 16.1. The van der Waals surface area contributed by atoms with Gasteiger partial charge in [-0.3, -0.25) is 4.90 Å². The molecule has 0 bridgehead atoms. The van der Waals surface area contributed by atoms with Crippen LogP contribution in [0.15, 0.2) is 41.1 Å². The van der Waals surface area contributed by atoms with Crippen molar-refractivity contribution in [1.82, 2.24) is 25.1 Å². The van der Waals surface area contributed by atoms with Crippen LogP contribution in [0, 0.1) is 6.92 Å². The topological polar surface area (TPSA) is 77.2 Å². The molecule has 2 heterocycles. The van der Waals surface area contributed by atoms with E-state index in [0.717, 1.165) is 16.9 Å². The van der Waals surface area contributed by atoms with Gasteiger partial charge < -0.3 is 9.15 Å². The van der Waals surface area contributed by atoms with Gasteiger partial charge >= 0.3 is 0 Å². The van der Waals surface area contributed by atoms with Gasteiger partial charge in [0.05, 0.1) is 13.7 Å². The molecule has 0 amide bonds. The Labute approximate surface area is 140 Å². The van der Waals surface area contributed by atoms with Crippen molar-refractivity contribution < 1.29 is 9.15 Å². The molecule has 0 unspecified atom stereocenters. The number of ether oxygens (including phenoxy) is 1. The van der Waals surface area contributed by atoms with Gasteiger partial charge in [-0.05, 0) is 31.3 Å². The number of aryl methyl sites for hydroxylation is 1. The maximum atomic E-state index is 5.38. The molecule has 0 radical (unpaired) electrons. The van der Waals surface area contributed by atoms with Crippen LogP contribution in [0.1, 0.15) is 17.3 Å². The van der Waals surface area contributed by atoms with Crippen LogP contribution in [0.2, 0.25) is 0 Å². The lowest BCUT2D eigenvalue weighted by molar-refractivity contribution is 0.278. The van der Waals surface area contributed by atoms with Crippen molar-refractivity contribution in [2.75, 3.05) is 14.2 Å². The molecule has 0 saturated carbocycles. The van der Waals surface area contributed by atoms with Crippen LogP contribution in [0.4, 0.5) is 0 Å². The van der Waals surface area contributed by atoms with Crippen molar-refractivity contribution in [1.29, 1.82) is 0 Å². The summed E-state index contributed by atoms with van der Waals surface area (Å²) in [7, 11) is 3.63. The Bertz CT molecular complexity index is 784. The van der Waals surface area contributed by atoms with Gasteiger partial charge in [-0.2, -0.15) is 0 Å². The van der Waals surface area contributed by atoms with Crippen molar-refractivity contribution in [2.45, 2.75) is 20.0 Å². The summed E-state index contributed by atoms with van der Waals surface area (Å²) in [6.07, 6.45) is 3.67. The lowest BCUT2D eigenvalue weighted by Gasteiger charge is -2.13. The molecule has 0 aliphatic heterocycles. The molecule has 1 aromatic carbocycles. The predicted octanol–water partition coefficient (Wildman–Crippen LogP) is 2.48. The average molecular weight is 325 g/mol. The van der Waals surface area contributed by atoms with E-state index >= 15 is 0 Å². The monoisotopic (exact) mass is 325 g/mol. The average Bonchev–Trinajstić information content (AvgIpc) is 3.00. The van der Waals surface area contributed by atoms with Gasteiger partial charge in [0.15, 0.2) is 5.82 Å². The highest BCUT2D eigenvalue weighted by Crippen LogP contribution is 2.19. The second-order valence-electron chi connectivity index (χ2n) is 5.53. The van der Waals surface area contributed by atoms with Crippen LogP contribution in [-0.2, 0) is 13.1 Å². The van der Waals surface area contributed by atoms with Crippen LogP contribution in [0.3, 0.4) is 0 Å². The van der Waals surface area contributed by atoms with E-state index in [1.807, 2.05) is 43.7 Å². The van der Waals surface area contributed by atoms with Crippen LogP contribution >= 0.6 is 0 Å². The number of hydrogen-bond acceptors (Lipinski definition) is 7. The zero-order valence-electron chi connectivity index (χ0n) is 13.9. The minimum Gasteiger partial charge on any atom is -0.497 e. The molecule has 0 aliphatic carbocycles. The molecule has 0 spiro atoms. The SMILES string of the molecule is COc1ccc(-c2ncc(CN(C)Cc3nnc(C)o3)cn2)cc1. The first-order valence-corrected chi connectivity index (χ1v) is 7.57. The second kappa shape index (κ2) is 7.18. The summed E-state index contributed by atoms with van der Waals surface area (Å²) in [5.41, 5.74) is 1.98. The first-order valence-electron chi connectivity index (χ1n) is 7.57. The summed E-state index contributed by atoms with van der Waals surface area (Å²) in [6, 6.07) is 7.68. The Balaban J connectivity index is 1.63. The van der Waals surface area contributed by atoms with Crippen LogP contribution in [0.25, 0.3) is 11.4 Å². The number of benzene rings is 1. The highest BCUT2D eigenvalue weighted by molar-refractivity contribution is 5.55. The Hall–Kier alpha value is -2.80. The molecular formula is C17H19N5O2. The zero-order valence-corrected chi connectivity index (χ0v) is 13.9. The molecule has 124 valence electrons. The molecule has 0 saturated heterocycles. The maximum absolute atomic E-state index is 5.38. The van der Waals surface area contributed by atoms with Gasteiger partial charge in [0.1, 0.15) is 5.75 Å². The summed E-state index contributed by atoms with van der Waals surface area (Å²) < 4.78 is 10.5. The van der Waals surface area contributed by atoms with Crippen molar-refractivity contribution in [2.24, 2.45) is 0 Å². The van der Waals surface area contributed by atoms with Crippen molar-refractivity contribution >= 4 is 0 Å². The van der Waals surface area contributed by atoms with E-state index in [-0.39, 0.29) is 0 Å². The van der Waals surface area contributed by atoms with E-state index < -0.39 is 0 Å². The Kier molecular flexibility index (Phi) is 4.81. The Morgan fingerprint density at radius 2 is 1.75 bits per heavy atom. The lowest BCUT2D eigenvalue weighted by Crippen LogP contribution is -2.17. The number of hydrogen-bond donors (Lipinski definition) is 0. The summed E-state index contributed by atoms with van der Waals surface area (Å²) in [5.74, 6) is 2.68. The first-order chi connectivity index (χ1) is 11.6. The summed E-state index contributed by atoms with van der Waals surface area (Å²) in [4.78, 5) is 10.9. The predicted molar refractivity (Wildman–Crippen MR) is 88.2 cm³/mol. The van der Waals surface area contributed by atoms with E-state index in [0.29, 0.717) is 30.7 Å². The van der Waals surface area contributed by atoms with E-state index in [1.165, 1.54) is 0 Å². The summed E-state index contributed by atoms with van der Waals surface area (Å²) in [5, 5.41) is 7.82. The van der Waals surface area contributed by atoms with Gasteiger partial charge in [-0.25, -0.2) is 9.97 Å². The largest absolute Gasteiger partial charge is 0.497 e. The quantitative estimate of drug-likeness (QED) is 0.689. The number of rotatable bonds is 6. The van der Waals surface area contributed by atoms with Gasteiger partial charge in [0.25, 0.3) is 0 Å². The number of nitrogens with zero attached hydrogens (tertiary/aromatic N) is 5. The van der Waals surface area contributed by atoms with E-state index in [2.05, 4.69) is 25.1 Å². The number of aromatic nitrogens is 4. The number of methoxy groups -OCH3 is 1. The second-order valence-corrected chi connectivity index (χ2v) is 5.53. The lowest BCUT2D eigenvalue weighted by atomic mass is 10.2. The fraction of sp³-hybridized carbons (Fsp3) is 0.294. The van der Waals surface area contributed by atoms with Gasteiger partial charge in [-0.1, -0.05) is 0 Å². The molecule has 0 N–H and O–H groups in total. The molecule has 3 rings (SSSR count). The fourth-order valence-corrected chi connectivity index (χ4v) is 2.33. The van der Waals surface area contributed by atoms with Crippen molar-refractivity contribution in [3.05, 3.63) is 54.0 Å². The highest BCUT2D eigenvalue weighted by Gasteiger charge is 2.08. The molecule has 3 aromatic rings. The van der Waals surface area contributed by atoms with Crippen molar-refractivity contribution in [3.63, 3.8) is 0 Å². The fourth-order valence-electron chi connectivity index (χ4n) is 2.33. The highest BCUT2D eigenvalue weighted by atomic mass is 16.5. The molecule has 2 aromatic heterocycles. The molecule has 24 heavy (non-hydrogen) atoms. The summed E-state index contributed by atoms with van der Waals surface area (Å²) >= 11 is 0. The van der Waals surface area contributed by atoms with Gasteiger partial charge in [0.2, 0.25) is 11.8 Å². The molecule has 0 fully saturated rings. The van der Waals surface area contributed by atoms with E-state index in [1.54, 1.807) is 14.0 Å². The van der Waals surface area contributed by atoms with E-state index in [9.17, 15) is 0 Å².